The second kappa shape index (κ2) is 9.18. The quantitative estimate of drug-likeness (QED) is 0.555. The smallest absolute Gasteiger partial charge is 0.483 e. The molecule has 0 atom stereocenters. The Kier molecular flexibility index (Phi) is 6.16. The fraction of sp³-hybridized carbons (Fsp3) is 0.238. The van der Waals surface area contributed by atoms with Gasteiger partial charge in [-0.3, -0.25) is 4.79 Å². The van der Waals surface area contributed by atoms with Crippen LogP contribution in [-0.2, 0) is 0 Å². The molecule has 0 bridgehead atoms. The predicted octanol–water partition coefficient (Wildman–Crippen LogP) is 3.14. The minimum absolute atomic E-state index is 0.00785. The molecule has 0 aliphatic carbocycles. The molecule has 0 saturated carbocycles. The Hall–Kier alpha value is -4.09. The number of hydrogen-bond acceptors (Lipinski definition) is 8. The van der Waals surface area contributed by atoms with Gasteiger partial charge in [0.25, 0.3) is 5.91 Å². The van der Waals surface area contributed by atoms with Gasteiger partial charge in [0.2, 0.25) is 11.9 Å². The standard InChI is InChI=1S/C21H19F3N6O3/c1-25-18(31)13-5-4-6-14(9-13)28-19-26-12-27-20(29-19)30-10-15(11-30)32-16-7-2-3-8-17(16)33-21(22,23)24/h2-9,12,15H,10-11H2,1H3,(H,25,31)(H,26,27,28,29). The Balaban J connectivity index is 1.38. The molecule has 2 heterocycles. The Morgan fingerprint density at radius 1 is 1.09 bits per heavy atom. The topological polar surface area (TPSA) is 102 Å². The maximum absolute atomic E-state index is 12.6. The molecule has 4 rings (SSSR count). The average molecular weight is 460 g/mol. The van der Waals surface area contributed by atoms with Crippen LogP contribution < -0.4 is 25.0 Å². The molecular formula is C21H19F3N6O3. The molecular weight excluding hydrogens is 441 g/mol. The third kappa shape index (κ3) is 5.59. The van der Waals surface area contributed by atoms with E-state index in [2.05, 4.69) is 30.3 Å². The van der Waals surface area contributed by atoms with Gasteiger partial charge in [0.1, 0.15) is 12.4 Å². The number of carbonyl (C=O) groups excluding carboxylic acids is 1. The van der Waals surface area contributed by atoms with Crippen molar-refractivity contribution in [2.45, 2.75) is 12.5 Å². The van der Waals surface area contributed by atoms with E-state index in [1.54, 1.807) is 42.3 Å². The Bertz CT molecular complexity index is 1140. The van der Waals surface area contributed by atoms with E-state index < -0.39 is 12.1 Å². The number of para-hydroxylation sites is 2. The number of aromatic nitrogens is 3. The molecule has 172 valence electrons. The molecule has 1 aliphatic heterocycles. The minimum Gasteiger partial charge on any atom is -0.483 e. The average Bonchev–Trinajstić information content (AvgIpc) is 2.76. The van der Waals surface area contributed by atoms with Crippen molar-refractivity contribution < 1.29 is 27.4 Å². The number of ether oxygens (including phenoxy) is 2. The summed E-state index contributed by atoms with van der Waals surface area (Å²) in [6.07, 6.45) is -3.83. The minimum atomic E-state index is -4.81. The Morgan fingerprint density at radius 3 is 2.58 bits per heavy atom. The van der Waals surface area contributed by atoms with Crippen molar-refractivity contribution in [1.82, 2.24) is 20.3 Å². The van der Waals surface area contributed by atoms with Gasteiger partial charge in [-0.2, -0.15) is 4.98 Å². The van der Waals surface area contributed by atoms with Crippen LogP contribution in [0.25, 0.3) is 0 Å². The predicted molar refractivity (Wildman–Crippen MR) is 113 cm³/mol. The highest BCUT2D eigenvalue weighted by Crippen LogP contribution is 2.33. The van der Waals surface area contributed by atoms with Crippen molar-refractivity contribution in [2.75, 3.05) is 30.4 Å². The third-order valence-electron chi connectivity index (χ3n) is 4.67. The Labute approximate surface area is 186 Å². The lowest BCUT2D eigenvalue weighted by Crippen LogP contribution is -2.54. The highest BCUT2D eigenvalue weighted by atomic mass is 19.4. The molecule has 3 aromatic rings. The number of amides is 1. The molecule has 9 nitrogen and oxygen atoms in total. The van der Waals surface area contributed by atoms with E-state index in [0.29, 0.717) is 30.3 Å². The molecule has 1 aliphatic rings. The summed E-state index contributed by atoms with van der Waals surface area (Å²) in [5.74, 6) is 0.0587. The van der Waals surface area contributed by atoms with E-state index in [1.165, 1.54) is 24.5 Å². The van der Waals surface area contributed by atoms with E-state index in [-0.39, 0.29) is 23.7 Å². The van der Waals surface area contributed by atoms with Crippen LogP contribution in [0, 0.1) is 0 Å². The molecule has 1 saturated heterocycles. The molecule has 2 N–H and O–H groups in total. The van der Waals surface area contributed by atoms with Gasteiger partial charge in [-0.05, 0) is 30.3 Å². The van der Waals surface area contributed by atoms with Gasteiger partial charge < -0.3 is 25.0 Å². The van der Waals surface area contributed by atoms with Crippen LogP contribution in [0.3, 0.4) is 0 Å². The normalized spacial score (nSPS) is 13.8. The van der Waals surface area contributed by atoms with E-state index in [0.717, 1.165) is 0 Å². The summed E-state index contributed by atoms with van der Waals surface area (Å²) in [6.45, 7) is 0.742. The number of halogens is 3. The van der Waals surface area contributed by atoms with Crippen LogP contribution in [0.5, 0.6) is 11.5 Å². The number of alkyl halides is 3. The lowest BCUT2D eigenvalue weighted by molar-refractivity contribution is -0.275. The molecule has 2 aromatic carbocycles. The van der Waals surface area contributed by atoms with Gasteiger partial charge in [-0.25, -0.2) is 9.97 Å². The van der Waals surface area contributed by atoms with Crippen LogP contribution in [0.4, 0.5) is 30.8 Å². The molecule has 0 spiro atoms. The van der Waals surface area contributed by atoms with Gasteiger partial charge >= 0.3 is 6.36 Å². The maximum atomic E-state index is 12.6. The molecule has 1 aromatic heterocycles. The first-order valence-electron chi connectivity index (χ1n) is 9.85. The summed E-state index contributed by atoms with van der Waals surface area (Å²) in [4.78, 5) is 26.2. The van der Waals surface area contributed by atoms with Crippen LogP contribution in [0.15, 0.2) is 54.9 Å². The number of nitrogens with one attached hydrogen (secondary N) is 2. The highest BCUT2D eigenvalue weighted by molar-refractivity contribution is 5.95. The fourth-order valence-corrected chi connectivity index (χ4v) is 3.12. The molecule has 12 heteroatoms. The van der Waals surface area contributed by atoms with E-state index >= 15 is 0 Å². The van der Waals surface area contributed by atoms with Crippen LogP contribution >= 0.6 is 0 Å². The first-order chi connectivity index (χ1) is 15.8. The van der Waals surface area contributed by atoms with Gasteiger partial charge in [0.05, 0.1) is 13.1 Å². The van der Waals surface area contributed by atoms with E-state index in [4.69, 9.17) is 4.74 Å². The summed E-state index contributed by atoms with van der Waals surface area (Å²) in [5, 5.41) is 5.58. The molecule has 33 heavy (non-hydrogen) atoms. The summed E-state index contributed by atoms with van der Waals surface area (Å²) in [7, 11) is 1.55. The lowest BCUT2D eigenvalue weighted by Gasteiger charge is -2.39. The maximum Gasteiger partial charge on any atom is 0.573 e. The molecule has 0 unspecified atom stereocenters. The number of anilines is 3. The zero-order valence-electron chi connectivity index (χ0n) is 17.3. The lowest BCUT2D eigenvalue weighted by atomic mass is 10.2. The van der Waals surface area contributed by atoms with E-state index in [1.807, 2.05) is 0 Å². The summed E-state index contributed by atoms with van der Waals surface area (Å²) < 4.78 is 47.4. The zero-order valence-corrected chi connectivity index (χ0v) is 17.3. The van der Waals surface area contributed by atoms with Crippen molar-refractivity contribution in [2.24, 2.45) is 0 Å². The van der Waals surface area contributed by atoms with Crippen LogP contribution in [0.1, 0.15) is 10.4 Å². The zero-order chi connectivity index (χ0) is 23.4. The summed E-state index contributed by atoms with van der Waals surface area (Å²) >= 11 is 0. The number of hydrogen-bond donors (Lipinski definition) is 2. The first-order valence-corrected chi connectivity index (χ1v) is 9.85. The van der Waals surface area contributed by atoms with Crippen molar-refractivity contribution in [1.29, 1.82) is 0 Å². The van der Waals surface area contributed by atoms with Crippen molar-refractivity contribution in [3.63, 3.8) is 0 Å². The fourth-order valence-electron chi connectivity index (χ4n) is 3.12. The van der Waals surface area contributed by atoms with Crippen LogP contribution in [0.2, 0.25) is 0 Å². The van der Waals surface area contributed by atoms with Crippen molar-refractivity contribution in [3.05, 3.63) is 60.4 Å². The van der Waals surface area contributed by atoms with Gasteiger partial charge in [-0.15, -0.1) is 13.2 Å². The first kappa shape index (κ1) is 22.1. The summed E-state index contributed by atoms with van der Waals surface area (Å²) in [5.41, 5.74) is 1.11. The molecule has 1 amide bonds. The van der Waals surface area contributed by atoms with Crippen molar-refractivity contribution in [3.8, 4) is 11.5 Å². The number of carbonyl (C=O) groups is 1. The molecule has 0 radical (unpaired) electrons. The number of rotatable bonds is 7. The van der Waals surface area contributed by atoms with Gasteiger partial charge in [0.15, 0.2) is 11.5 Å². The van der Waals surface area contributed by atoms with Gasteiger partial charge in [-0.1, -0.05) is 18.2 Å². The molecule has 1 fully saturated rings. The second-order valence-corrected chi connectivity index (χ2v) is 7.03. The SMILES string of the molecule is CNC(=O)c1cccc(Nc2ncnc(N3CC(Oc4ccccc4OC(F)(F)F)C3)n2)c1. The van der Waals surface area contributed by atoms with Gasteiger partial charge in [0, 0.05) is 18.3 Å². The Morgan fingerprint density at radius 2 is 1.85 bits per heavy atom. The largest absolute Gasteiger partial charge is 0.573 e. The second-order valence-electron chi connectivity index (χ2n) is 7.03. The summed E-state index contributed by atoms with van der Waals surface area (Å²) in [6, 6.07) is 12.5. The number of nitrogens with zero attached hydrogens (tertiary/aromatic N) is 4. The van der Waals surface area contributed by atoms with Crippen molar-refractivity contribution >= 4 is 23.5 Å². The van der Waals surface area contributed by atoms with Crippen LogP contribution in [-0.4, -0.2) is 53.5 Å². The third-order valence-corrected chi connectivity index (χ3v) is 4.67. The number of benzene rings is 2. The highest BCUT2D eigenvalue weighted by Gasteiger charge is 2.35. The monoisotopic (exact) mass is 460 g/mol. The van der Waals surface area contributed by atoms with E-state index in [9.17, 15) is 18.0 Å².